The zero-order chi connectivity index (χ0) is 13.8. The average Bonchev–Trinajstić information content (AvgIpc) is 2.66. The maximum atomic E-state index is 5.92. The molecule has 3 heteroatoms. The third-order valence-corrected chi connectivity index (χ3v) is 3.75. The van der Waals surface area contributed by atoms with Gasteiger partial charge in [0.1, 0.15) is 0 Å². The number of aryl methyl sites for hydroxylation is 1. The van der Waals surface area contributed by atoms with Crippen LogP contribution in [0.4, 0.5) is 0 Å². The van der Waals surface area contributed by atoms with E-state index in [0.29, 0.717) is 0 Å². The summed E-state index contributed by atoms with van der Waals surface area (Å²) in [4.78, 5) is 0. The van der Waals surface area contributed by atoms with Crippen molar-refractivity contribution in [2.45, 2.75) is 33.9 Å². The quantitative estimate of drug-likeness (QED) is 0.876. The summed E-state index contributed by atoms with van der Waals surface area (Å²) in [6, 6.07) is 10.3. The van der Waals surface area contributed by atoms with Crippen LogP contribution in [0.1, 0.15) is 29.4 Å². The minimum Gasteiger partial charge on any atom is -0.344 e. The molecule has 1 aromatic heterocycles. The van der Waals surface area contributed by atoms with E-state index in [1.54, 1.807) is 0 Å². The molecule has 0 fully saturated rings. The number of benzene rings is 1. The number of aromatic nitrogens is 1. The number of hydrogen-bond acceptors (Lipinski definition) is 1. The lowest BCUT2D eigenvalue weighted by Crippen LogP contribution is -2.12. The van der Waals surface area contributed by atoms with Crippen LogP contribution in [0.3, 0.4) is 0 Å². The van der Waals surface area contributed by atoms with Crippen LogP contribution >= 0.6 is 11.6 Å². The summed E-state index contributed by atoms with van der Waals surface area (Å²) in [6.45, 7) is 9.33. The van der Waals surface area contributed by atoms with E-state index in [2.05, 4.69) is 48.9 Å². The first-order chi connectivity index (χ1) is 9.11. The molecule has 1 aromatic carbocycles. The maximum Gasteiger partial charge on any atom is 0.0475 e. The van der Waals surface area contributed by atoms with E-state index in [4.69, 9.17) is 11.6 Å². The first-order valence-electron chi connectivity index (χ1n) is 6.72. The van der Waals surface area contributed by atoms with Gasteiger partial charge in [-0.1, -0.05) is 30.7 Å². The molecule has 0 aliphatic heterocycles. The zero-order valence-electron chi connectivity index (χ0n) is 11.8. The van der Waals surface area contributed by atoms with E-state index in [-0.39, 0.29) is 0 Å². The summed E-state index contributed by atoms with van der Waals surface area (Å²) in [5, 5.41) is 4.18. The third kappa shape index (κ3) is 3.40. The van der Waals surface area contributed by atoms with Crippen LogP contribution in [0.15, 0.2) is 30.3 Å². The van der Waals surface area contributed by atoms with Gasteiger partial charge in [0.25, 0.3) is 0 Å². The number of hydrogen-bond donors (Lipinski definition) is 1. The van der Waals surface area contributed by atoms with E-state index >= 15 is 0 Å². The van der Waals surface area contributed by atoms with Gasteiger partial charge in [0, 0.05) is 29.5 Å². The molecular formula is C16H21ClN2. The molecular weight excluding hydrogens is 256 g/mol. The Balaban J connectivity index is 2.20. The molecule has 102 valence electrons. The average molecular weight is 277 g/mol. The van der Waals surface area contributed by atoms with Gasteiger partial charge in [-0.3, -0.25) is 0 Å². The van der Waals surface area contributed by atoms with Crippen LogP contribution in [-0.4, -0.2) is 11.1 Å². The molecule has 1 N–H and O–H groups in total. The van der Waals surface area contributed by atoms with E-state index in [1.807, 2.05) is 12.1 Å². The molecule has 0 saturated heterocycles. The third-order valence-electron chi connectivity index (χ3n) is 3.50. The summed E-state index contributed by atoms with van der Waals surface area (Å²) in [5.41, 5.74) is 5.31. The Morgan fingerprint density at radius 1 is 1.16 bits per heavy atom. The van der Waals surface area contributed by atoms with Crippen molar-refractivity contribution in [1.82, 2.24) is 9.88 Å². The summed E-state index contributed by atoms with van der Waals surface area (Å²) < 4.78 is 2.36. The lowest BCUT2D eigenvalue weighted by molar-refractivity contribution is 0.706. The first kappa shape index (κ1) is 14.2. The van der Waals surface area contributed by atoms with Crippen molar-refractivity contribution in [2.24, 2.45) is 0 Å². The van der Waals surface area contributed by atoms with E-state index in [9.17, 15) is 0 Å². The van der Waals surface area contributed by atoms with Gasteiger partial charge in [0.2, 0.25) is 0 Å². The van der Waals surface area contributed by atoms with Crippen LogP contribution in [0, 0.1) is 13.8 Å². The first-order valence-corrected chi connectivity index (χ1v) is 7.10. The van der Waals surface area contributed by atoms with Gasteiger partial charge in [-0.05, 0) is 49.7 Å². The Hall–Kier alpha value is -1.25. The largest absolute Gasteiger partial charge is 0.344 e. The van der Waals surface area contributed by atoms with Gasteiger partial charge in [-0.2, -0.15) is 0 Å². The van der Waals surface area contributed by atoms with Crippen LogP contribution in [0.25, 0.3) is 0 Å². The van der Waals surface area contributed by atoms with Gasteiger partial charge >= 0.3 is 0 Å². The van der Waals surface area contributed by atoms with Crippen molar-refractivity contribution in [1.29, 1.82) is 0 Å². The predicted octanol–water partition coefficient (Wildman–Crippen LogP) is 3.92. The molecule has 0 saturated carbocycles. The Labute approximate surface area is 120 Å². The highest BCUT2D eigenvalue weighted by atomic mass is 35.5. The Morgan fingerprint density at radius 3 is 2.47 bits per heavy atom. The maximum absolute atomic E-state index is 5.92. The van der Waals surface area contributed by atoms with Crippen molar-refractivity contribution in [2.75, 3.05) is 6.54 Å². The molecule has 0 aliphatic rings. The van der Waals surface area contributed by atoms with Gasteiger partial charge < -0.3 is 9.88 Å². The molecule has 2 rings (SSSR count). The van der Waals surface area contributed by atoms with Crippen LogP contribution in [0.5, 0.6) is 0 Å². The van der Waals surface area contributed by atoms with Gasteiger partial charge in [0.05, 0.1) is 0 Å². The standard InChI is InChI=1S/C16H21ClN2/c1-4-18-10-15-9-12(2)19(13(15)3)11-14-5-7-16(17)8-6-14/h5-9,18H,4,10-11H2,1-3H3. The molecule has 0 bridgehead atoms. The van der Waals surface area contributed by atoms with E-state index < -0.39 is 0 Å². The van der Waals surface area contributed by atoms with E-state index in [1.165, 1.54) is 22.5 Å². The van der Waals surface area contributed by atoms with Crippen molar-refractivity contribution < 1.29 is 0 Å². The monoisotopic (exact) mass is 276 g/mol. The number of nitrogens with zero attached hydrogens (tertiary/aromatic N) is 1. The van der Waals surface area contributed by atoms with Gasteiger partial charge in [-0.25, -0.2) is 0 Å². The Kier molecular flexibility index (Phi) is 4.67. The molecule has 2 aromatic rings. The predicted molar refractivity (Wildman–Crippen MR) is 81.8 cm³/mol. The normalized spacial score (nSPS) is 10.9. The van der Waals surface area contributed by atoms with Crippen LogP contribution < -0.4 is 5.32 Å². The molecule has 0 atom stereocenters. The minimum atomic E-state index is 0.789. The Bertz CT molecular complexity index is 541. The topological polar surface area (TPSA) is 17.0 Å². The Morgan fingerprint density at radius 2 is 1.84 bits per heavy atom. The smallest absolute Gasteiger partial charge is 0.0475 e. The summed E-state index contributed by atoms with van der Waals surface area (Å²) in [6.07, 6.45) is 0. The molecule has 0 spiro atoms. The highest BCUT2D eigenvalue weighted by molar-refractivity contribution is 6.30. The fraction of sp³-hybridized carbons (Fsp3) is 0.375. The fourth-order valence-corrected chi connectivity index (χ4v) is 2.45. The van der Waals surface area contributed by atoms with Crippen molar-refractivity contribution in [3.05, 3.63) is 57.9 Å². The minimum absolute atomic E-state index is 0.789. The van der Waals surface area contributed by atoms with Crippen LogP contribution in [-0.2, 0) is 13.1 Å². The zero-order valence-corrected chi connectivity index (χ0v) is 12.6. The fourth-order valence-electron chi connectivity index (χ4n) is 2.33. The number of rotatable bonds is 5. The van der Waals surface area contributed by atoms with Crippen LogP contribution in [0.2, 0.25) is 5.02 Å². The molecule has 19 heavy (non-hydrogen) atoms. The molecule has 2 nitrogen and oxygen atoms in total. The summed E-state index contributed by atoms with van der Waals surface area (Å²) >= 11 is 5.92. The summed E-state index contributed by atoms with van der Waals surface area (Å²) in [7, 11) is 0. The highest BCUT2D eigenvalue weighted by Gasteiger charge is 2.08. The molecule has 0 aliphatic carbocycles. The molecule has 0 amide bonds. The molecule has 0 radical (unpaired) electrons. The summed E-state index contributed by atoms with van der Waals surface area (Å²) in [5.74, 6) is 0. The number of halogens is 1. The van der Waals surface area contributed by atoms with Crippen molar-refractivity contribution in [3.63, 3.8) is 0 Å². The number of nitrogens with one attached hydrogen (secondary N) is 1. The second kappa shape index (κ2) is 6.27. The second-order valence-corrected chi connectivity index (χ2v) is 5.33. The van der Waals surface area contributed by atoms with Gasteiger partial charge in [-0.15, -0.1) is 0 Å². The molecule has 1 heterocycles. The van der Waals surface area contributed by atoms with Gasteiger partial charge in [0.15, 0.2) is 0 Å². The lowest BCUT2D eigenvalue weighted by atomic mass is 10.2. The molecule has 0 unspecified atom stereocenters. The second-order valence-electron chi connectivity index (χ2n) is 4.89. The van der Waals surface area contributed by atoms with Crippen molar-refractivity contribution >= 4 is 11.6 Å². The van der Waals surface area contributed by atoms with E-state index in [0.717, 1.165) is 24.7 Å². The highest BCUT2D eigenvalue weighted by Crippen LogP contribution is 2.18. The lowest BCUT2D eigenvalue weighted by Gasteiger charge is -2.10. The SMILES string of the molecule is CCNCc1cc(C)n(Cc2ccc(Cl)cc2)c1C. The van der Waals surface area contributed by atoms with Crippen molar-refractivity contribution in [3.8, 4) is 0 Å².